The number of nitrogens with zero attached hydrogens (tertiary/aromatic N) is 3. The Morgan fingerprint density at radius 1 is 0.897 bits per heavy atom. The minimum Gasteiger partial charge on any atom is -0.478 e. The monoisotopic (exact) mass is 547 g/mol. The van der Waals surface area contributed by atoms with Crippen LogP contribution in [0.25, 0.3) is 16.7 Å². The largest absolute Gasteiger partial charge is 0.478 e. The first-order valence-electron chi connectivity index (χ1n) is 13.2. The predicted molar refractivity (Wildman–Crippen MR) is 147 cm³/mol. The van der Waals surface area contributed by atoms with Gasteiger partial charge in [0.05, 0.1) is 27.8 Å². The maximum absolute atomic E-state index is 14.5. The van der Waals surface area contributed by atoms with E-state index in [9.17, 15) is 19.1 Å². The van der Waals surface area contributed by atoms with E-state index in [1.165, 1.54) is 12.1 Å². The van der Waals surface area contributed by atoms with Gasteiger partial charge in [0.25, 0.3) is 0 Å². The van der Waals surface area contributed by atoms with Crippen LogP contribution in [-0.2, 0) is 10.3 Å². The number of hydrogen-bond acceptors (Lipinski definition) is 4. The third-order valence-corrected chi connectivity index (χ3v) is 8.95. The van der Waals surface area contributed by atoms with Gasteiger partial charge in [-0.3, -0.25) is 9.13 Å². The van der Waals surface area contributed by atoms with Crippen molar-refractivity contribution in [2.45, 2.75) is 31.2 Å². The van der Waals surface area contributed by atoms with E-state index in [4.69, 9.17) is 16.3 Å². The second-order valence-corrected chi connectivity index (χ2v) is 11.6. The van der Waals surface area contributed by atoms with E-state index in [1.54, 1.807) is 27.3 Å². The maximum Gasteiger partial charge on any atom is 0.335 e. The quantitative estimate of drug-likeness (QED) is 0.360. The highest BCUT2D eigenvalue weighted by molar-refractivity contribution is 6.31. The van der Waals surface area contributed by atoms with E-state index < -0.39 is 17.3 Å². The van der Waals surface area contributed by atoms with Crippen molar-refractivity contribution in [1.29, 1.82) is 0 Å². The van der Waals surface area contributed by atoms with Crippen LogP contribution in [0.5, 0.6) is 0 Å². The Hall–Kier alpha value is -3.62. The number of aromatic carboxylic acids is 1. The molecular formula is C30H27ClFN3O4. The number of rotatable bonds is 5. The molecule has 2 aliphatic heterocycles. The van der Waals surface area contributed by atoms with Gasteiger partial charge in [-0.1, -0.05) is 11.6 Å². The highest BCUT2D eigenvalue weighted by Crippen LogP contribution is 2.50. The molecule has 0 radical (unpaired) electrons. The van der Waals surface area contributed by atoms with Gasteiger partial charge in [-0.25, -0.2) is 14.0 Å². The Morgan fingerprint density at radius 3 is 2.26 bits per heavy atom. The van der Waals surface area contributed by atoms with Gasteiger partial charge in [0.2, 0.25) is 0 Å². The van der Waals surface area contributed by atoms with Crippen molar-refractivity contribution in [3.8, 4) is 5.69 Å². The van der Waals surface area contributed by atoms with Crippen LogP contribution in [0, 0.1) is 11.2 Å². The molecule has 1 aliphatic carbocycles. The standard InChI is InChI=1S/C30H27ClFN3O4/c31-21-1-6-25-26(16-21)34(24-4-2-23(3-5-24)33-17-29(18-33)9-11-39-12-10-29)28(38)35(25)30(7-8-30)20-13-19(27(36)37)14-22(32)15-20/h1-6,13-16H,7-12,17-18H2,(H,36,37). The molecule has 1 aromatic heterocycles. The maximum atomic E-state index is 14.5. The number of carbonyl (C=O) groups is 1. The van der Waals surface area contributed by atoms with Crippen LogP contribution in [0.3, 0.4) is 0 Å². The van der Waals surface area contributed by atoms with E-state index in [0.29, 0.717) is 45.6 Å². The lowest BCUT2D eigenvalue weighted by atomic mass is 9.73. The molecule has 2 saturated heterocycles. The zero-order valence-corrected chi connectivity index (χ0v) is 22.0. The average Bonchev–Trinajstić information content (AvgIpc) is 3.65. The molecule has 3 heterocycles. The molecule has 0 amide bonds. The van der Waals surface area contributed by atoms with E-state index in [-0.39, 0.29) is 11.3 Å². The third kappa shape index (κ3) is 3.88. The SMILES string of the molecule is O=C(O)c1cc(F)cc(C2(n3c(=O)n(-c4ccc(N5CC6(CCOCC6)C5)cc4)c4cc(Cl)ccc43)CC2)c1. The van der Waals surface area contributed by atoms with Crippen molar-refractivity contribution in [3.05, 3.63) is 93.1 Å². The minimum absolute atomic E-state index is 0.139. The van der Waals surface area contributed by atoms with Gasteiger partial charge < -0.3 is 14.7 Å². The van der Waals surface area contributed by atoms with Crippen LogP contribution < -0.4 is 10.6 Å². The topological polar surface area (TPSA) is 76.7 Å². The first-order valence-corrected chi connectivity index (χ1v) is 13.6. The highest BCUT2D eigenvalue weighted by Gasteiger charge is 2.49. The zero-order chi connectivity index (χ0) is 26.9. The molecule has 3 fully saturated rings. The van der Waals surface area contributed by atoms with E-state index in [1.807, 2.05) is 24.3 Å². The molecule has 1 N–H and O–H groups in total. The van der Waals surface area contributed by atoms with Crippen molar-refractivity contribution >= 4 is 34.3 Å². The second kappa shape index (κ2) is 8.69. The summed E-state index contributed by atoms with van der Waals surface area (Å²) in [6, 6.07) is 17.1. The summed E-state index contributed by atoms with van der Waals surface area (Å²) in [5.41, 5.74) is 2.73. The van der Waals surface area contributed by atoms with Gasteiger partial charge >= 0.3 is 11.7 Å². The fourth-order valence-electron chi connectivity index (χ4n) is 6.45. The van der Waals surface area contributed by atoms with Crippen LogP contribution in [0.2, 0.25) is 5.02 Å². The normalized spacial score (nSPS) is 19.3. The number of anilines is 1. The summed E-state index contributed by atoms with van der Waals surface area (Å²) in [7, 11) is 0. The molecular weight excluding hydrogens is 521 g/mol. The number of fused-ring (bicyclic) bond motifs is 1. The summed E-state index contributed by atoms with van der Waals surface area (Å²) < 4.78 is 23.3. The lowest BCUT2D eigenvalue weighted by Crippen LogP contribution is -2.58. The van der Waals surface area contributed by atoms with E-state index in [2.05, 4.69) is 4.90 Å². The number of benzene rings is 3. The molecule has 39 heavy (non-hydrogen) atoms. The number of hydrogen-bond donors (Lipinski definition) is 1. The predicted octanol–water partition coefficient (Wildman–Crippen LogP) is 5.44. The molecule has 0 atom stereocenters. The van der Waals surface area contributed by atoms with Gasteiger partial charge in [0.15, 0.2) is 0 Å². The molecule has 200 valence electrons. The van der Waals surface area contributed by atoms with Crippen molar-refractivity contribution in [2.75, 3.05) is 31.2 Å². The highest BCUT2D eigenvalue weighted by atomic mass is 35.5. The van der Waals surface area contributed by atoms with Crippen molar-refractivity contribution in [1.82, 2.24) is 9.13 Å². The van der Waals surface area contributed by atoms with Gasteiger partial charge in [-0.15, -0.1) is 0 Å². The fourth-order valence-corrected chi connectivity index (χ4v) is 6.62. The summed E-state index contributed by atoms with van der Waals surface area (Å²) in [5.74, 6) is -1.85. The summed E-state index contributed by atoms with van der Waals surface area (Å²) in [4.78, 5) is 28.1. The lowest BCUT2D eigenvalue weighted by Gasteiger charge is -2.53. The van der Waals surface area contributed by atoms with Crippen LogP contribution >= 0.6 is 11.6 Å². The Balaban J connectivity index is 1.29. The van der Waals surface area contributed by atoms with Crippen LogP contribution in [-0.4, -0.2) is 46.5 Å². The molecule has 3 aromatic carbocycles. The van der Waals surface area contributed by atoms with E-state index in [0.717, 1.165) is 50.9 Å². The second-order valence-electron chi connectivity index (χ2n) is 11.1. The van der Waals surface area contributed by atoms with Crippen molar-refractivity contribution < 1.29 is 19.0 Å². The fraction of sp³-hybridized carbons (Fsp3) is 0.333. The molecule has 3 aliphatic rings. The van der Waals surface area contributed by atoms with Gasteiger partial charge in [0, 0.05) is 42.4 Å². The molecule has 7 nitrogen and oxygen atoms in total. The number of halogens is 2. The third-order valence-electron chi connectivity index (χ3n) is 8.71. The Labute approximate surface area is 229 Å². The summed E-state index contributed by atoms with van der Waals surface area (Å²) in [5, 5.41) is 9.99. The van der Waals surface area contributed by atoms with Crippen molar-refractivity contribution in [3.63, 3.8) is 0 Å². The Morgan fingerprint density at radius 2 is 1.59 bits per heavy atom. The van der Waals surface area contributed by atoms with Gasteiger partial charge in [0.1, 0.15) is 5.82 Å². The first kappa shape index (κ1) is 24.4. The molecule has 1 spiro atoms. The number of ether oxygens (including phenoxy) is 1. The molecule has 1 saturated carbocycles. The first-order chi connectivity index (χ1) is 18.8. The van der Waals surface area contributed by atoms with E-state index >= 15 is 0 Å². The summed E-state index contributed by atoms with van der Waals surface area (Å²) in [6.45, 7) is 3.69. The van der Waals surface area contributed by atoms with Crippen LogP contribution in [0.15, 0.2) is 65.5 Å². The number of carboxylic acids is 1. The summed E-state index contributed by atoms with van der Waals surface area (Å²) in [6.07, 6.45) is 3.38. The molecule has 0 unspecified atom stereocenters. The summed E-state index contributed by atoms with van der Waals surface area (Å²) >= 11 is 6.37. The number of carboxylic acid groups (broad SMARTS) is 1. The molecule has 9 heteroatoms. The molecule has 0 bridgehead atoms. The zero-order valence-electron chi connectivity index (χ0n) is 21.2. The average molecular weight is 548 g/mol. The number of imidazole rings is 1. The van der Waals surface area contributed by atoms with Crippen LogP contribution in [0.4, 0.5) is 10.1 Å². The minimum atomic E-state index is -1.21. The molecule has 4 aromatic rings. The smallest absolute Gasteiger partial charge is 0.335 e. The number of aromatic nitrogens is 2. The van der Waals surface area contributed by atoms with Gasteiger partial charge in [-0.05, 0) is 91.9 Å². The van der Waals surface area contributed by atoms with Crippen molar-refractivity contribution in [2.24, 2.45) is 5.41 Å². The molecule has 7 rings (SSSR count). The Bertz CT molecular complexity index is 1680. The van der Waals surface area contributed by atoms with Gasteiger partial charge in [-0.2, -0.15) is 0 Å². The van der Waals surface area contributed by atoms with Crippen LogP contribution in [0.1, 0.15) is 41.6 Å². The Kier molecular flexibility index (Phi) is 5.44. The lowest BCUT2D eigenvalue weighted by molar-refractivity contribution is -0.000193.